The van der Waals surface area contributed by atoms with Crippen molar-refractivity contribution in [2.75, 3.05) is 6.61 Å². The van der Waals surface area contributed by atoms with E-state index in [1.54, 1.807) is 0 Å². The Morgan fingerprint density at radius 3 is 1.96 bits per heavy atom. The van der Waals surface area contributed by atoms with E-state index < -0.39 is 7.92 Å². The molecule has 0 bridgehead atoms. The predicted octanol–water partition coefficient (Wildman–Crippen LogP) is 5.11. The van der Waals surface area contributed by atoms with E-state index in [-0.39, 0.29) is 11.5 Å². The topological polar surface area (TPSA) is 21.6 Å². The zero-order valence-corrected chi connectivity index (χ0v) is 17.0. The number of hydrogen-bond acceptors (Lipinski definition) is 2. The van der Waals surface area contributed by atoms with Gasteiger partial charge in [-0.05, 0) is 43.6 Å². The van der Waals surface area contributed by atoms with E-state index >= 15 is 0 Å². The summed E-state index contributed by atoms with van der Waals surface area (Å²) in [5.41, 5.74) is -0.305. The van der Waals surface area contributed by atoms with Crippen LogP contribution in [-0.4, -0.2) is 18.5 Å². The predicted molar refractivity (Wildman–Crippen MR) is 114 cm³/mol. The monoisotopic (exact) mass is 365 g/mol. The van der Waals surface area contributed by atoms with Crippen LogP contribution in [0.4, 0.5) is 0 Å². The second-order valence-electron chi connectivity index (χ2n) is 7.63. The van der Waals surface area contributed by atoms with Gasteiger partial charge in [-0.25, -0.2) is 4.99 Å². The molecule has 0 fully saturated rings. The Kier molecular flexibility index (Phi) is 5.63. The summed E-state index contributed by atoms with van der Waals surface area (Å²) >= 11 is 0. The molecule has 0 aliphatic carbocycles. The van der Waals surface area contributed by atoms with Crippen molar-refractivity contribution in [2.45, 2.75) is 33.7 Å². The molecule has 0 saturated carbocycles. The molecule has 1 heterocycles. The Morgan fingerprint density at radius 2 is 1.54 bits per heavy atom. The molecule has 1 aliphatic heterocycles. The maximum absolute atomic E-state index is 6.03. The second kappa shape index (κ2) is 7.76. The Bertz CT molecular complexity index is 741. The quantitative estimate of drug-likeness (QED) is 0.652. The molecule has 2 aromatic carbocycles. The van der Waals surface area contributed by atoms with Crippen molar-refractivity contribution < 1.29 is 4.74 Å². The third-order valence-electron chi connectivity index (χ3n) is 5.00. The first-order valence-corrected chi connectivity index (χ1v) is 10.6. The lowest BCUT2D eigenvalue weighted by atomic mass is 9.93. The van der Waals surface area contributed by atoms with Gasteiger partial charge in [-0.15, -0.1) is 0 Å². The molecule has 1 atom stereocenters. The molecule has 1 aliphatic rings. The highest BCUT2D eigenvalue weighted by Crippen LogP contribution is 2.51. The van der Waals surface area contributed by atoms with Crippen LogP contribution in [0.1, 0.15) is 27.7 Å². The molecule has 0 spiro atoms. The summed E-state index contributed by atoms with van der Waals surface area (Å²) < 4.78 is 6.03. The lowest BCUT2D eigenvalue weighted by molar-refractivity contribution is 0.270. The van der Waals surface area contributed by atoms with Gasteiger partial charge in [0.05, 0.1) is 11.5 Å². The summed E-state index contributed by atoms with van der Waals surface area (Å²) in [6.07, 6.45) is 0. The van der Waals surface area contributed by atoms with Gasteiger partial charge in [-0.1, -0.05) is 81.1 Å². The van der Waals surface area contributed by atoms with Crippen molar-refractivity contribution in [1.29, 1.82) is 0 Å². The summed E-state index contributed by atoms with van der Waals surface area (Å²) in [6, 6.07) is 21.6. The Morgan fingerprint density at radius 1 is 1.04 bits per heavy atom. The maximum Gasteiger partial charge on any atom is 0.194 e. The van der Waals surface area contributed by atoms with Crippen LogP contribution in [0, 0.1) is 11.3 Å². The highest BCUT2D eigenvalue weighted by atomic mass is 31.1. The van der Waals surface area contributed by atoms with Gasteiger partial charge in [0.2, 0.25) is 0 Å². The average molecular weight is 365 g/mol. The van der Waals surface area contributed by atoms with Crippen molar-refractivity contribution in [1.82, 2.24) is 0 Å². The van der Waals surface area contributed by atoms with Crippen LogP contribution < -0.4 is 10.6 Å². The molecule has 136 valence electrons. The zero-order chi connectivity index (χ0) is 18.7. The van der Waals surface area contributed by atoms with E-state index in [9.17, 15) is 0 Å². The largest absolute Gasteiger partial charge is 0.478 e. The molecule has 0 unspecified atom stereocenters. The minimum absolute atomic E-state index is 0.247. The molecule has 0 radical (unpaired) electrons. The highest BCUT2D eigenvalue weighted by molar-refractivity contribution is 7.76. The fourth-order valence-corrected chi connectivity index (χ4v) is 5.61. The third-order valence-corrected chi connectivity index (χ3v) is 7.73. The first-order chi connectivity index (χ1) is 12.4. The van der Waals surface area contributed by atoms with Gasteiger partial charge in [0.1, 0.15) is 6.61 Å². The van der Waals surface area contributed by atoms with Gasteiger partial charge in [0.15, 0.2) is 5.90 Å². The molecule has 3 heteroatoms. The van der Waals surface area contributed by atoms with E-state index in [1.807, 2.05) is 0 Å². The van der Waals surface area contributed by atoms with E-state index in [4.69, 9.17) is 9.73 Å². The van der Waals surface area contributed by atoms with Crippen molar-refractivity contribution in [2.24, 2.45) is 16.3 Å². The van der Waals surface area contributed by atoms with Crippen molar-refractivity contribution >= 4 is 24.4 Å². The third kappa shape index (κ3) is 3.76. The van der Waals surface area contributed by atoms with Crippen LogP contribution in [0.25, 0.3) is 0 Å². The van der Waals surface area contributed by atoms with E-state index in [0.29, 0.717) is 12.5 Å². The number of nitrogens with zero attached hydrogens (tertiary/aromatic N) is 1. The van der Waals surface area contributed by atoms with Gasteiger partial charge >= 0.3 is 0 Å². The van der Waals surface area contributed by atoms with Gasteiger partial charge < -0.3 is 4.74 Å². The maximum atomic E-state index is 6.03. The molecular weight excluding hydrogens is 337 g/mol. The summed E-state index contributed by atoms with van der Waals surface area (Å²) in [5, 5.41) is 3.80. The van der Waals surface area contributed by atoms with Crippen molar-refractivity contribution in [3.05, 3.63) is 72.6 Å². The van der Waals surface area contributed by atoms with Crippen LogP contribution in [0.5, 0.6) is 0 Å². The SMILES string of the molecule is C=C(P(c1ccccc1)c1ccccc1)C(C)(C)C1=N[C@@H](C(C)C)CO1. The number of benzene rings is 2. The minimum atomic E-state index is -0.701. The van der Waals surface area contributed by atoms with E-state index in [2.05, 4.69) is 94.9 Å². The summed E-state index contributed by atoms with van der Waals surface area (Å²) in [7, 11) is -0.701. The van der Waals surface area contributed by atoms with Gasteiger partial charge in [0.25, 0.3) is 0 Å². The van der Waals surface area contributed by atoms with E-state index in [1.165, 1.54) is 15.9 Å². The first kappa shape index (κ1) is 18.9. The van der Waals surface area contributed by atoms with Gasteiger partial charge in [0, 0.05) is 0 Å². The zero-order valence-electron chi connectivity index (χ0n) is 16.1. The number of rotatable bonds is 6. The summed E-state index contributed by atoms with van der Waals surface area (Å²) in [5.74, 6) is 1.32. The van der Waals surface area contributed by atoms with Crippen molar-refractivity contribution in [3.63, 3.8) is 0 Å². The van der Waals surface area contributed by atoms with Crippen LogP contribution >= 0.6 is 7.92 Å². The standard InChI is InChI=1S/C23H28NOP/c1-17(2)21-16-25-22(24-21)23(4,5)18(3)26(19-12-8-6-9-13-19)20-14-10-7-11-15-20/h6-15,17,21H,3,16H2,1-2,4-5H3/t21-/m1/s1. The van der Waals surface area contributed by atoms with Gasteiger partial charge in [-0.3, -0.25) is 0 Å². The lowest BCUT2D eigenvalue weighted by Gasteiger charge is -2.33. The molecule has 0 N–H and O–H groups in total. The molecule has 3 rings (SSSR count). The normalized spacial score (nSPS) is 17.3. The lowest BCUT2D eigenvalue weighted by Crippen LogP contribution is -2.29. The Hall–Kier alpha value is -1.92. The number of ether oxygens (including phenoxy) is 1. The smallest absolute Gasteiger partial charge is 0.194 e. The van der Waals surface area contributed by atoms with Crippen LogP contribution in [0.3, 0.4) is 0 Å². The molecular formula is C23H28NOP. The van der Waals surface area contributed by atoms with Gasteiger partial charge in [-0.2, -0.15) is 0 Å². The Labute approximate surface area is 158 Å². The highest BCUT2D eigenvalue weighted by Gasteiger charge is 2.39. The molecule has 0 saturated heterocycles. The summed E-state index contributed by atoms with van der Waals surface area (Å²) in [6.45, 7) is 14.0. The fourth-order valence-electron chi connectivity index (χ4n) is 3.09. The second-order valence-corrected chi connectivity index (χ2v) is 9.88. The van der Waals surface area contributed by atoms with Crippen LogP contribution in [0.15, 0.2) is 77.5 Å². The minimum Gasteiger partial charge on any atom is -0.478 e. The molecule has 2 aromatic rings. The fraction of sp³-hybridized carbons (Fsp3) is 0.348. The average Bonchev–Trinajstić information content (AvgIpc) is 3.15. The number of aliphatic imine (C=N–C) groups is 1. The Balaban J connectivity index is 1.99. The van der Waals surface area contributed by atoms with Crippen molar-refractivity contribution in [3.8, 4) is 0 Å². The van der Waals surface area contributed by atoms with E-state index in [0.717, 1.165) is 5.90 Å². The summed E-state index contributed by atoms with van der Waals surface area (Å²) in [4.78, 5) is 4.89. The first-order valence-electron chi connectivity index (χ1n) is 9.22. The van der Waals surface area contributed by atoms with Crippen LogP contribution in [-0.2, 0) is 4.74 Å². The molecule has 2 nitrogen and oxygen atoms in total. The van der Waals surface area contributed by atoms with Crippen LogP contribution in [0.2, 0.25) is 0 Å². The number of hydrogen-bond donors (Lipinski definition) is 0. The molecule has 26 heavy (non-hydrogen) atoms. The molecule has 0 aromatic heterocycles. The molecule has 0 amide bonds.